The van der Waals surface area contributed by atoms with Gasteiger partial charge in [-0.2, -0.15) is 0 Å². The third kappa shape index (κ3) is 2.49. The standard InChI is InChI=1S/C13H17N/c1-4-5-6-7-12-8-10(2)13(14)11(3)9-12/h4-9H,14H2,1-3H3. The predicted octanol–water partition coefficient (Wildman–Crippen LogP) is 3.47. The van der Waals surface area contributed by atoms with Crippen molar-refractivity contribution in [1.29, 1.82) is 0 Å². The van der Waals surface area contributed by atoms with Crippen LogP contribution in [-0.2, 0) is 0 Å². The highest BCUT2D eigenvalue weighted by molar-refractivity contribution is 5.62. The van der Waals surface area contributed by atoms with E-state index in [1.54, 1.807) is 0 Å². The van der Waals surface area contributed by atoms with Gasteiger partial charge in [-0.25, -0.2) is 0 Å². The Labute approximate surface area is 85.9 Å². The maximum atomic E-state index is 5.87. The molecule has 14 heavy (non-hydrogen) atoms. The molecule has 0 aliphatic carbocycles. The molecule has 1 aromatic carbocycles. The largest absolute Gasteiger partial charge is 0.398 e. The Morgan fingerprint density at radius 2 is 1.64 bits per heavy atom. The molecule has 1 aromatic rings. The van der Waals surface area contributed by atoms with Gasteiger partial charge in [0.1, 0.15) is 0 Å². The highest BCUT2D eigenvalue weighted by Crippen LogP contribution is 2.19. The van der Waals surface area contributed by atoms with E-state index in [9.17, 15) is 0 Å². The molecule has 0 spiro atoms. The molecule has 0 bridgehead atoms. The van der Waals surface area contributed by atoms with Crippen molar-refractivity contribution in [2.24, 2.45) is 0 Å². The van der Waals surface area contributed by atoms with Gasteiger partial charge in [-0.15, -0.1) is 0 Å². The van der Waals surface area contributed by atoms with Crippen molar-refractivity contribution in [1.82, 2.24) is 0 Å². The average Bonchev–Trinajstić information content (AvgIpc) is 2.14. The van der Waals surface area contributed by atoms with Gasteiger partial charge in [0.05, 0.1) is 0 Å². The zero-order valence-electron chi connectivity index (χ0n) is 9.04. The van der Waals surface area contributed by atoms with Crippen molar-refractivity contribution in [3.63, 3.8) is 0 Å². The molecule has 0 heterocycles. The van der Waals surface area contributed by atoms with Crippen molar-refractivity contribution in [3.8, 4) is 0 Å². The molecular weight excluding hydrogens is 170 g/mol. The minimum Gasteiger partial charge on any atom is -0.398 e. The van der Waals surface area contributed by atoms with Crippen LogP contribution in [0, 0.1) is 13.8 Å². The van der Waals surface area contributed by atoms with Crippen molar-refractivity contribution in [2.45, 2.75) is 20.8 Å². The summed E-state index contributed by atoms with van der Waals surface area (Å²) >= 11 is 0. The van der Waals surface area contributed by atoms with E-state index in [-0.39, 0.29) is 0 Å². The lowest BCUT2D eigenvalue weighted by Gasteiger charge is -2.05. The number of benzene rings is 1. The molecule has 0 amide bonds. The molecule has 1 heteroatoms. The fraction of sp³-hybridized carbons (Fsp3) is 0.231. The molecule has 1 rings (SSSR count). The van der Waals surface area contributed by atoms with Crippen molar-refractivity contribution in [3.05, 3.63) is 47.1 Å². The Kier molecular flexibility index (Phi) is 3.52. The van der Waals surface area contributed by atoms with Crippen LogP contribution >= 0.6 is 0 Å². The lowest BCUT2D eigenvalue weighted by atomic mass is 10.0. The van der Waals surface area contributed by atoms with Crippen molar-refractivity contribution in [2.75, 3.05) is 5.73 Å². The summed E-state index contributed by atoms with van der Waals surface area (Å²) in [5, 5.41) is 0. The fourth-order valence-corrected chi connectivity index (χ4v) is 1.38. The Morgan fingerprint density at radius 1 is 1.07 bits per heavy atom. The number of hydrogen-bond donors (Lipinski definition) is 1. The van der Waals surface area contributed by atoms with Gasteiger partial charge in [0.2, 0.25) is 0 Å². The van der Waals surface area contributed by atoms with Crippen LogP contribution in [0.1, 0.15) is 23.6 Å². The van der Waals surface area contributed by atoms with Crippen LogP contribution in [0.25, 0.3) is 6.08 Å². The van der Waals surface area contributed by atoms with Crippen LogP contribution in [0.2, 0.25) is 0 Å². The number of hydrogen-bond acceptors (Lipinski definition) is 1. The first-order chi connectivity index (χ1) is 6.65. The van der Waals surface area contributed by atoms with E-state index < -0.39 is 0 Å². The minimum atomic E-state index is 0.896. The predicted molar refractivity (Wildman–Crippen MR) is 64.2 cm³/mol. The number of rotatable bonds is 2. The maximum Gasteiger partial charge on any atom is 0.0373 e. The first kappa shape index (κ1) is 10.6. The van der Waals surface area contributed by atoms with E-state index in [4.69, 9.17) is 5.73 Å². The molecule has 0 fully saturated rings. The summed E-state index contributed by atoms with van der Waals surface area (Å²) in [7, 11) is 0. The highest BCUT2D eigenvalue weighted by Gasteiger charge is 1.98. The molecule has 0 saturated heterocycles. The summed E-state index contributed by atoms with van der Waals surface area (Å²) in [5.41, 5.74) is 10.3. The minimum absolute atomic E-state index is 0.896. The lowest BCUT2D eigenvalue weighted by molar-refractivity contribution is 1.38. The highest BCUT2D eigenvalue weighted by atomic mass is 14.6. The monoisotopic (exact) mass is 187 g/mol. The molecule has 1 nitrogen and oxygen atoms in total. The molecule has 0 aromatic heterocycles. The Hall–Kier alpha value is -1.50. The van der Waals surface area contributed by atoms with E-state index in [0.717, 1.165) is 16.8 Å². The lowest BCUT2D eigenvalue weighted by Crippen LogP contribution is -1.93. The fourth-order valence-electron chi connectivity index (χ4n) is 1.38. The van der Waals surface area contributed by atoms with Gasteiger partial charge in [-0.3, -0.25) is 0 Å². The molecule has 0 radical (unpaired) electrons. The summed E-state index contributed by atoms with van der Waals surface area (Å²) in [6.45, 7) is 6.08. The number of nitrogen functional groups attached to an aromatic ring is 1. The molecule has 2 N–H and O–H groups in total. The molecule has 74 valence electrons. The van der Waals surface area contributed by atoms with E-state index in [0.29, 0.717) is 0 Å². The third-order valence-electron chi connectivity index (χ3n) is 2.21. The van der Waals surface area contributed by atoms with Gasteiger partial charge in [0.25, 0.3) is 0 Å². The second-order valence-electron chi connectivity index (χ2n) is 3.45. The summed E-state index contributed by atoms with van der Waals surface area (Å²) in [6, 6.07) is 4.20. The molecule has 0 aliphatic rings. The number of nitrogens with two attached hydrogens (primary N) is 1. The van der Waals surface area contributed by atoms with Crippen LogP contribution in [0.3, 0.4) is 0 Å². The Bertz CT molecular complexity index is 350. The quantitative estimate of drug-likeness (QED) is 0.556. The van der Waals surface area contributed by atoms with Gasteiger partial charge in [-0.05, 0) is 49.6 Å². The molecule has 0 atom stereocenters. The third-order valence-corrected chi connectivity index (χ3v) is 2.21. The van der Waals surface area contributed by atoms with Crippen LogP contribution in [-0.4, -0.2) is 0 Å². The van der Waals surface area contributed by atoms with Crippen molar-refractivity contribution >= 4 is 11.8 Å². The van der Waals surface area contributed by atoms with Gasteiger partial charge in [0.15, 0.2) is 0 Å². The zero-order chi connectivity index (χ0) is 10.6. The van der Waals surface area contributed by atoms with Gasteiger partial charge < -0.3 is 5.73 Å². The SMILES string of the molecule is CC=CC=Cc1cc(C)c(N)c(C)c1. The number of allylic oxidation sites excluding steroid dienone is 3. The molecule has 0 saturated carbocycles. The number of aryl methyl sites for hydroxylation is 2. The molecule has 0 aliphatic heterocycles. The Balaban J connectivity index is 3.01. The van der Waals surface area contributed by atoms with Crippen LogP contribution in [0.15, 0.2) is 30.4 Å². The molecular formula is C13H17N. The van der Waals surface area contributed by atoms with Crippen LogP contribution in [0.4, 0.5) is 5.69 Å². The van der Waals surface area contributed by atoms with Crippen LogP contribution in [0.5, 0.6) is 0 Å². The second-order valence-corrected chi connectivity index (χ2v) is 3.45. The maximum absolute atomic E-state index is 5.87. The number of anilines is 1. The van der Waals surface area contributed by atoms with Crippen LogP contribution < -0.4 is 5.73 Å². The van der Waals surface area contributed by atoms with E-state index >= 15 is 0 Å². The average molecular weight is 187 g/mol. The van der Waals surface area contributed by atoms with E-state index in [1.165, 1.54) is 5.56 Å². The summed E-state index contributed by atoms with van der Waals surface area (Å²) in [6.07, 6.45) is 8.14. The second kappa shape index (κ2) is 4.66. The molecule has 0 unspecified atom stereocenters. The summed E-state index contributed by atoms with van der Waals surface area (Å²) in [4.78, 5) is 0. The van der Waals surface area contributed by atoms with E-state index in [1.807, 2.05) is 39.0 Å². The Morgan fingerprint density at radius 3 is 2.14 bits per heavy atom. The topological polar surface area (TPSA) is 26.0 Å². The van der Waals surface area contributed by atoms with Gasteiger partial charge in [0, 0.05) is 5.69 Å². The smallest absolute Gasteiger partial charge is 0.0373 e. The van der Waals surface area contributed by atoms with Gasteiger partial charge >= 0.3 is 0 Å². The summed E-state index contributed by atoms with van der Waals surface area (Å²) in [5.74, 6) is 0. The van der Waals surface area contributed by atoms with Gasteiger partial charge in [-0.1, -0.05) is 24.3 Å². The zero-order valence-corrected chi connectivity index (χ0v) is 9.04. The normalized spacial score (nSPS) is 11.6. The van der Waals surface area contributed by atoms with Crippen molar-refractivity contribution < 1.29 is 0 Å². The van der Waals surface area contributed by atoms with E-state index in [2.05, 4.69) is 18.2 Å². The summed E-state index contributed by atoms with van der Waals surface area (Å²) < 4.78 is 0. The first-order valence-corrected chi connectivity index (χ1v) is 4.81. The first-order valence-electron chi connectivity index (χ1n) is 4.81.